The van der Waals surface area contributed by atoms with Crippen LogP contribution in [0.1, 0.15) is 30.0 Å². The fourth-order valence-corrected chi connectivity index (χ4v) is 2.51. The minimum absolute atomic E-state index is 0.130. The van der Waals surface area contributed by atoms with Gasteiger partial charge in [-0.05, 0) is 42.9 Å². The van der Waals surface area contributed by atoms with Gasteiger partial charge < -0.3 is 15.6 Å². The van der Waals surface area contributed by atoms with Crippen LogP contribution in [-0.2, 0) is 24.1 Å². The molecule has 2 rings (SSSR count). The lowest BCUT2D eigenvalue weighted by Crippen LogP contribution is -2.19. The first-order valence-electron chi connectivity index (χ1n) is 6.35. The number of carboxylic acids is 1. The lowest BCUT2D eigenvalue weighted by molar-refractivity contribution is -0.136. The molecule has 0 saturated heterocycles. The largest absolute Gasteiger partial charge is 0.493 e. The second kappa shape index (κ2) is 5.40. The van der Waals surface area contributed by atoms with Crippen molar-refractivity contribution in [1.82, 2.24) is 0 Å². The number of benzene rings is 1. The van der Waals surface area contributed by atoms with E-state index in [1.165, 1.54) is 11.1 Å². The highest BCUT2D eigenvalue weighted by molar-refractivity contribution is 5.67. The molecule has 1 aliphatic carbocycles. The van der Waals surface area contributed by atoms with Crippen LogP contribution in [0, 0.1) is 0 Å². The van der Waals surface area contributed by atoms with Crippen LogP contribution in [0.15, 0.2) is 12.1 Å². The van der Waals surface area contributed by atoms with Crippen LogP contribution in [0.4, 0.5) is 0 Å². The quantitative estimate of drug-likeness (QED) is 0.830. The summed E-state index contributed by atoms with van der Waals surface area (Å²) < 4.78 is 5.71. The molecule has 0 heterocycles. The van der Waals surface area contributed by atoms with Crippen LogP contribution in [0.5, 0.6) is 5.75 Å². The molecular weight excluding hydrogens is 230 g/mol. The lowest BCUT2D eigenvalue weighted by atomic mass is 10.0. The van der Waals surface area contributed by atoms with Crippen molar-refractivity contribution in [3.05, 3.63) is 28.8 Å². The van der Waals surface area contributed by atoms with Gasteiger partial charge in [-0.3, -0.25) is 4.79 Å². The Hall–Kier alpha value is -1.55. The van der Waals surface area contributed by atoms with Crippen molar-refractivity contribution in [2.45, 2.75) is 38.6 Å². The van der Waals surface area contributed by atoms with E-state index in [1.54, 1.807) is 0 Å². The summed E-state index contributed by atoms with van der Waals surface area (Å²) in [4.78, 5) is 10.7. The van der Waals surface area contributed by atoms with Crippen molar-refractivity contribution in [2.75, 3.05) is 6.61 Å². The molecule has 0 radical (unpaired) electrons. The highest BCUT2D eigenvalue weighted by atomic mass is 16.5. The summed E-state index contributed by atoms with van der Waals surface area (Å²) in [6.45, 7) is 2.53. The molecule has 0 saturated carbocycles. The van der Waals surface area contributed by atoms with Gasteiger partial charge in [-0.2, -0.15) is 0 Å². The summed E-state index contributed by atoms with van der Waals surface area (Å²) in [5, 5.41) is 8.77. The number of carboxylic acid groups (broad SMARTS) is 1. The molecule has 1 atom stereocenters. The van der Waals surface area contributed by atoms with E-state index in [4.69, 9.17) is 15.6 Å². The minimum Gasteiger partial charge on any atom is -0.493 e. The highest BCUT2D eigenvalue weighted by Crippen LogP contribution is 2.34. The smallest absolute Gasteiger partial charge is 0.303 e. The first-order chi connectivity index (χ1) is 8.61. The van der Waals surface area contributed by atoms with E-state index in [9.17, 15) is 4.79 Å². The monoisotopic (exact) mass is 249 g/mol. The number of fused-ring (bicyclic) bond motifs is 1. The normalized spacial score (nSPS) is 17.6. The number of carbonyl (C=O) groups is 1. The second-order valence-electron chi connectivity index (χ2n) is 4.69. The van der Waals surface area contributed by atoms with Crippen molar-refractivity contribution in [1.29, 1.82) is 0 Å². The van der Waals surface area contributed by atoms with E-state index in [-0.39, 0.29) is 12.5 Å². The summed E-state index contributed by atoms with van der Waals surface area (Å²) in [6.07, 6.45) is 2.35. The number of aryl methyl sites for hydroxylation is 1. The van der Waals surface area contributed by atoms with Crippen LogP contribution >= 0.6 is 0 Å². The molecule has 1 aliphatic rings. The molecule has 4 nitrogen and oxygen atoms in total. The molecule has 0 spiro atoms. The van der Waals surface area contributed by atoms with Gasteiger partial charge in [0, 0.05) is 12.5 Å². The van der Waals surface area contributed by atoms with Crippen LogP contribution in [0.25, 0.3) is 0 Å². The van der Waals surface area contributed by atoms with Gasteiger partial charge in [0.15, 0.2) is 0 Å². The van der Waals surface area contributed by atoms with Crippen LogP contribution in [0.2, 0.25) is 0 Å². The van der Waals surface area contributed by atoms with E-state index < -0.39 is 5.97 Å². The SMILES string of the molecule is CCOc1c(CCC(=O)O)ccc2c1CC(N)C2. The van der Waals surface area contributed by atoms with Crippen molar-refractivity contribution < 1.29 is 14.6 Å². The number of hydrogen-bond donors (Lipinski definition) is 2. The maximum absolute atomic E-state index is 10.7. The molecule has 4 heteroatoms. The van der Waals surface area contributed by atoms with E-state index >= 15 is 0 Å². The van der Waals surface area contributed by atoms with Gasteiger partial charge in [-0.25, -0.2) is 0 Å². The summed E-state index contributed by atoms with van der Waals surface area (Å²) in [5.41, 5.74) is 9.37. The molecular formula is C14H19NO3. The number of hydrogen-bond acceptors (Lipinski definition) is 3. The molecule has 18 heavy (non-hydrogen) atoms. The first-order valence-corrected chi connectivity index (χ1v) is 6.35. The molecule has 3 N–H and O–H groups in total. The molecule has 1 aromatic rings. The Morgan fingerprint density at radius 2 is 2.28 bits per heavy atom. The first kappa shape index (κ1) is 12.9. The standard InChI is InChI=1S/C14H19NO3/c1-2-18-14-9(5-6-13(16)17)3-4-10-7-11(15)8-12(10)14/h3-4,11H,2,5-8,15H2,1H3,(H,16,17). The predicted octanol–water partition coefficient (Wildman–Crippen LogP) is 1.53. The third-order valence-corrected chi connectivity index (χ3v) is 3.28. The zero-order chi connectivity index (χ0) is 13.1. The third-order valence-electron chi connectivity index (χ3n) is 3.28. The van der Waals surface area contributed by atoms with Crippen LogP contribution in [0.3, 0.4) is 0 Å². The number of ether oxygens (including phenoxy) is 1. The van der Waals surface area contributed by atoms with Crippen molar-refractivity contribution in [3.63, 3.8) is 0 Å². The van der Waals surface area contributed by atoms with Crippen LogP contribution in [-0.4, -0.2) is 23.7 Å². The molecule has 0 aromatic heterocycles. The Kier molecular flexibility index (Phi) is 3.87. The Balaban J connectivity index is 2.29. The Morgan fingerprint density at radius 3 is 2.94 bits per heavy atom. The molecule has 0 amide bonds. The molecule has 0 bridgehead atoms. The average molecular weight is 249 g/mol. The third kappa shape index (κ3) is 2.64. The maximum Gasteiger partial charge on any atom is 0.303 e. The summed E-state index contributed by atoms with van der Waals surface area (Å²) in [7, 11) is 0. The van der Waals surface area contributed by atoms with Crippen LogP contribution < -0.4 is 10.5 Å². The van der Waals surface area contributed by atoms with Gasteiger partial charge in [-0.15, -0.1) is 0 Å². The molecule has 1 unspecified atom stereocenters. The summed E-state index contributed by atoms with van der Waals surface area (Å²) >= 11 is 0. The topological polar surface area (TPSA) is 72.5 Å². The van der Waals surface area contributed by atoms with E-state index in [2.05, 4.69) is 6.07 Å². The van der Waals surface area contributed by atoms with Gasteiger partial charge in [0.1, 0.15) is 5.75 Å². The van der Waals surface area contributed by atoms with Crippen molar-refractivity contribution in [3.8, 4) is 5.75 Å². The molecule has 0 fully saturated rings. The molecule has 98 valence electrons. The lowest BCUT2D eigenvalue weighted by Gasteiger charge is -2.14. The van der Waals surface area contributed by atoms with E-state index in [0.717, 1.165) is 24.2 Å². The predicted molar refractivity (Wildman–Crippen MR) is 69.0 cm³/mol. The molecule has 0 aliphatic heterocycles. The van der Waals surface area contributed by atoms with Gasteiger partial charge in [0.05, 0.1) is 6.61 Å². The summed E-state index contributed by atoms with van der Waals surface area (Å²) in [5.74, 6) is 0.0823. The fourth-order valence-electron chi connectivity index (χ4n) is 2.51. The zero-order valence-electron chi connectivity index (χ0n) is 10.6. The number of nitrogens with two attached hydrogens (primary N) is 1. The number of aliphatic carboxylic acids is 1. The van der Waals surface area contributed by atoms with Gasteiger partial charge in [-0.1, -0.05) is 12.1 Å². The zero-order valence-corrected chi connectivity index (χ0v) is 10.6. The highest BCUT2D eigenvalue weighted by Gasteiger charge is 2.23. The Morgan fingerprint density at radius 1 is 1.50 bits per heavy atom. The Bertz CT molecular complexity index is 457. The maximum atomic E-state index is 10.7. The number of rotatable bonds is 5. The van der Waals surface area contributed by atoms with Crippen molar-refractivity contribution in [2.24, 2.45) is 5.73 Å². The Labute approximate surface area is 107 Å². The van der Waals surface area contributed by atoms with Gasteiger partial charge in [0.25, 0.3) is 0 Å². The van der Waals surface area contributed by atoms with E-state index in [1.807, 2.05) is 13.0 Å². The summed E-state index contributed by atoms with van der Waals surface area (Å²) in [6, 6.07) is 4.20. The molecule has 1 aromatic carbocycles. The fraction of sp³-hybridized carbons (Fsp3) is 0.500. The average Bonchev–Trinajstić information content (AvgIpc) is 2.69. The second-order valence-corrected chi connectivity index (χ2v) is 4.69. The van der Waals surface area contributed by atoms with Crippen molar-refractivity contribution >= 4 is 5.97 Å². The minimum atomic E-state index is -0.783. The van der Waals surface area contributed by atoms with Gasteiger partial charge >= 0.3 is 5.97 Å². The van der Waals surface area contributed by atoms with Gasteiger partial charge in [0.2, 0.25) is 0 Å². The van der Waals surface area contributed by atoms with E-state index in [0.29, 0.717) is 13.0 Å².